The number of carboxylic acid groups (broad SMARTS) is 3. The van der Waals surface area contributed by atoms with Gasteiger partial charge in [0, 0.05) is 26.2 Å². The first kappa shape index (κ1) is 21.5. The Hall–Kier alpha value is -2.57. The van der Waals surface area contributed by atoms with Gasteiger partial charge in [-0.1, -0.05) is 0 Å². The number of rotatable bonds is 12. The minimum Gasteiger partial charge on any atom is -0.480 e. The maximum atomic E-state index is 11.2. The Balaban J connectivity index is 2.57. The molecule has 1 aliphatic heterocycles. The van der Waals surface area contributed by atoms with E-state index in [-0.39, 0.29) is 45.8 Å². The third kappa shape index (κ3) is 9.05. The van der Waals surface area contributed by atoms with Gasteiger partial charge in [0.25, 0.3) is 0 Å². The first-order valence-corrected chi connectivity index (χ1v) is 7.71. The highest BCUT2D eigenvalue weighted by Crippen LogP contribution is 2.01. The summed E-state index contributed by atoms with van der Waals surface area (Å²) in [5.74, 6) is -4.86. The molecule has 1 fully saturated rings. The molecule has 0 unspecified atom stereocenters. The Kier molecular flexibility index (Phi) is 8.61. The fourth-order valence-electron chi connectivity index (χ4n) is 2.39. The normalized spacial score (nSPS) is 15.3. The monoisotopic (exact) mass is 375 g/mol. The largest absolute Gasteiger partial charge is 0.480 e. The van der Waals surface area contributed by atoms with Gasteiger partial charge in [-0.2, -0.15) is 0 Å². The topological polar surface area (TPSA) is 165 Å². The van der Waals surface area contributed by atoms with Gasteiger partial charge in [0.05, 0.1) is 32.7 Å². The number of carbonyl (C=O) groups excluding carboxylic acids is 2. The van der Waals surface area contributed by atoms with Gasteiger partial charge < -0.3 is 20.1 Å². The van der Waals surface area contributed by atoms with E-state index in [0.717, 1.165) is 0 Å². The lowest BCUT2D eigenvalue weighted by Crippen LogP contribution is -2.48. The molecule has 0 spiro atoms. The number of hydrogen-bond donors (Lipinski definition) is 3. The molecule has 26 heavy (non-hydrogen) atoms. The molecule has 12 heteroatoms. The van der Waals surface area contributed by atoms with Gasteiger partial charge in [-0.05, 0) is 0 Å². The molecule has 0 aromatic carbocycles. The number of carbonyl (C=O) groups is 5. The molecule has 0 aliphatic carbocycles. The van der Waals surface area contributed by atoms with Crippen LogP contribution in [-0.2, 0) is 28.7 Å². The predicted octanol–water partition coefficient (Wildman–Crippen LogP) is -2.77. The van der Waals surface area contributed by atoms with Gasteiger partial charge in [0.15, 0.2) is 0 Å². The fourth-order valence-corrected chi connectivity index (χ4v) is 2.39. The van der Waals surface area contributed by atoms with Crippen molar-refractivity contribution in [2.45, 2.75) is 0 Å². The van der Waals surface area contributed by atoms with Gasteiger partial charge >= 0.3 is 29.8 Å². The molecule has 0 aromatic rings. The highest BCUT2D eigenvalue weighted by atomic mass is 16.6. The van der Waals surface area contributed by atoms with Crippen LogP contribution in [0, 0.1) is 0 Å². The van der Waals surface area contributed by atoms with Crippen LogP contribution in [-0.4, -0.2) is 119 Å². The van der Waals surface area contributed by atoms with E-state index in [9.17, 15) is 24.0 Å². The number of aliphatic carboxylic acids is 3. The summed E-state index contributed by atoms with van der Waals surface area (Å²) >= 11 is 0. The second-order valence-electron chi connectivity index (χ2n) is 5.72. The molecule has 3 N–H and O–H groups in total. The Labute approximate surface area is 148 Å². The molecule has 0 aromatic heterocycles. The van der Waals surface area contributed by atoms with Crippen LogP contribution in [0.5, 0.6) is 0 Å². The van der Waals surface area contributed by atoms with Crippen LogP contribution >= 0.6 is 0 Å². The van der Waals surface area contributed by atoms with Crippen molar-refractivity contribution in [1.29, 1.82) is 0 Å². The molecule has 0 bridgehead atoms. The van der Waals surface area contributed by atoms with Gasteiger partial charge in [0.2, 0.25) is 0 Å². The first-order valence-electron chi connectivity index (χ1n) is 7.71. The van der Waals surface area contributed by atoms with Crippen LogP contribution in [0.3, 0.4) is 0 Å². The molecular weight excluding hydrogens is 354 g/mol. The standard InChI is InChI=1S/C14H21N3O9/c18-10(19)5-15(1-3-16(6-11(20)21)7-12(22)23)2-4-17-8-13(24)26-14(25)9-17/h1-9H2,(H,18,19)(H,20,21)(H,22,23). The molecule has 0 atom stereocenters. The molecular formula is C14H21N3O9. The van der Waals surface area contributed by atoms with Gasteiger partial charge in [0.1, 0.15) is 0 Å². The lowest BCUT2D eigenvalue weighted by Gasteiger charge is -2.29. The van der Waals surface area contributed by atoms with E-state index in [1.54, 1.807) is 0 Å². The Morgan fingerprint density at radius 3 is 1.69 bits per heavy atom. The predicted molar refractivity (Wildman–Crippen MR) is 83.3 cm³/mol. The number of nitrogens with zero attached hydrogens (tertiary/aromatic N) is 3. The van der Waals surface area contributed by atoms with E-state index < -0.39 is 42.9 Å². The van der Waals surface area contributed by atoms with Gasteiger partial charge in [-0.3, -0.25) is 38.7 Å². The summed E-state index contributed by atoms with van der Waals surface area (Å²) in [7, 11) is 0. The van der Waals surface area contributed by atoms with E-state index in [1.165, 1.54) is 14.7 Å². The van der Waals surface area contributed by atoms with Crippen molar-refractivity contribution in [3.05, 3.63) is 0 Å². The molecule has 12 nitrogen and oxygen atoms in total. The minimum absolute atomic E-state index is 0.0346. The average molecular weight is 375 g/mol. The Morgan fingerprint density at radius 1 is 0.808 bits per heavy atom. The van der Waals surface area contributed by atoms with Crippen molar-refractivity contribution in [1.82, 2.24) is 14.7 Å². The van der Waals surface area contributed by atoms with Crippen LogP contribution in [0.15, 0.2) is 0 Å². The number of morpholine rings is 1. The lowest BCUT2D eigenvalue weighted by molar-refractivity contribution is -0.167. The van der Waals surface area contributed by atoms with Gasteiger partial charge in [-0.25, -0.2) is 0 Å². The number of carboxylic acids is 3. The zero-order chi connectivity index (χ0) is 19.7. The number of ether oxygens (including phenoxy) is 1. The molecule has 1 aliphatic rings. The summed E-state index contributed by atoms with van der Waals surface area (Å²) < 4.78 is 4.40. The van der Waals surface area contributed by atoms with Crippen molar-refractivity contribution in [3.8, 4) is 0 Å². The van der Waals surface area contributed by atoms with Crippen molar-refractivity contribution in [3.63, 3.8) is 0 Å². The molecule has 1 saturated heterocycles. The van der Waals surface area contributed by atoms with Crippen molar-refractivity contribution >= 4 is 29.8 Å². The first-order chi connectivity index (χ1) is 12.2. The molecule has 1 rings (SSSR count). The number of hydrogen-bond acceptors (Lipinski definition) is 9. The van der Waals surface area contributed by atoms with Crippen molar-refractivity contribution in [2.24, 2.45) is 0 Å². The molecule has 0 saturated carbocycles. The van der Waals surface area contributed by atoms with E-state index in [0.29, 0.717) is 0 Å². The number of cyclic esters (lactones) is 2. The van der Waals surface area contributed by atoms with Crippen LogP contribution in [0.25, 0.3) is 0 Å². The summed E-state index contributed by atoms with van der Waals surface area (Å²) in [5, 5.41) is 26.6. The van der Waals surface area contributed by atoms with Crippen LogP contribution in [0.4, 0.5) is 0 Å². The number of esters is 2. The third-order valence-corrected chi connectivity index (χ3v) is 3.47. The quantitative estimate of drug-likeness (QED) is 0.238. The third-order valence-electron chi connectivity index (χ3n) is 3.47. The van der Waals surface area contributed by atoms with Crippen LogP contribution < -0.4 is 0 Å². The zero-order valence-corrected chi connectivity index (χ0v) is 14.0. The second kappa shape index (κ2) is 10.4. The molecule has 0 amide bonds. The lowest BCUT2D eigenvalue weighted by atomic mass is 10.3. The van der Waals surface area contributed by atoms with E-state index in [2.05, 4.69) is 4.74 Å². The van der Waals surface area contributed by atoms with Crippen molar-refractivity contribution in [2.75, 3.05) is 58.9 Å². The summed E-state index contributed by atoms with van der Waals surface area (Å²) in [6.07, 6.45) is 0. The highest BCUT2D eigenvalue weighted by Gasteiger charge is 2.25. The smallest absolute Gasteiger partial charge is 0.327 e. The van der Waals surface area contributed by atoms with Crippen LogP contribution in [0.2, 0.25) is 0 Å². The van der Waals surface area contributed by atoms with Crippen molar-refractivity contribution < 1.29 is 44.0 Å². The summed E-state index contributed by atoms with van der Waals surface area (Å²) in [4.78, 5) is 59.1. The second-order valence-corrected chi connectivity index (χ2v) is 5.72. The average Bonchev–Trinajstić information content (AvgIpc) is 2.47. The van der Waals surface area contributed by atoms with Gasteiger partial charge in [-0.15, -0.1) is 0 Å². The zero-order valence-electron chi connectivity index (χ0n) is 14.0. The molecule has 146 valence electrons. The van der Waals surface area contributed by atoms with Crippen LogP contribution in [0.1, 0.15) is 0 Å². The minimum atomic E-state index is -1.19. The maximum absolute atomic E-state index is 11.2. The highest BCUT2D eigenvalue weighted by molar-refractivity contribution is 5.90. The SMILES string of the molecule is O=C(O)CN(CCN(CC(=O)O)CC(=O)O)CCN1CC(=O)OC(=O)C1. The summed E-state index contributed by atoms with van der Waals surface area (Å²) in [6, 6.07) is 0. The molecule has 0 radical (unpaired) electrons. The fraction of sp³-hybridized carbons (Fsp3) is 0.643. The van der Waals surface area contributed by atoms with E-state index in [4.69, 9.17) is 15.3 Å². The summed E-state index contributed by atoms with van der Waals surface area (Å²) in [6.45, 7) is -0.925. The van der Waals surface area contributed by atoms with E-state index >= 15 is 0 Å². The molecule has 1 heterocycles. The Morgan fingerprint density at radius 2 is 1.23 bits per heavy atom. The van der Waals surface area contributed by atoms with E-state index in [1.807, 2.05) is 0 Å². The summed E-state index contributed by atoms with van der Waals surface area (Å²) in [5.41, 5.74) is 0. The maximum Gasteiger partial charge on any atom is 0.327 e. The Bertz CT molecular complexity index is 534.